The van der Waals surface area contributed by atoms with Gasteiger partial charge in [0, 0.05) is 31.0 Å². The summed E-state index contributed by atoms with van der Waals surface area (Å²) in [6.45, 7) is 9.49. The molecule has 1 saturated heterocycles. The van der Waals surface area contributed by atoms with Crippen molar-refractivity contribution in [2.45, 2.75) is 20.3 Å². The number of ether oxygens (including phenoxy) is 1. The van der Waals surface area contributed by atoms with Crippen LogP contribution in [0.4, 0.5) is 11.4 Å². The number of hydrogen-bond donors (Lipinski definition) is 1. The Balaban J connectivity index is 1.80. The van der Waals surface area contributed by atoms with Crippen molar-refractivity contribution in [2.24, 2.45) is 11.8 Å². The highest BCUT2D eigenvalue weighted by Gasteiger charge is 2.22. The maximum atomic E-state index is 5.43. The zero-order chi connectivity index (χ0) is 13.2. The third-order valence-electron chi connectivity index (χ3n) is 4.44. The maximum absolute atomic E-state index is 5.43. The third-order valence-corrected chi connectivity index (χ3v) is 4.44. The first-order valence-electron chi connectivity index (χ1n) is 7.43. The Bertz CT molecular complexity index is 438. The highest BCUT2D eigenvalue weighted by molar-refractivity contribution is 5.62. The van der Waals surface area contributed by atoms with Gasteiger partial charge < -0.3 is 15.0 Å². The predicted octanol–water partition coefficient (Wildman–Crippen LogP) is 2.76. The molecular formula is C16H24N2O. The molecule has 1 aromatic carbocycles. The van der Waals surface area contributed by atoms with E-state index in [1.807, 2.05) is 0 Å². The second-order valence-corrected chi connectivity index (χ2v) is 6.03. The van der Waals surface area contributed by atoms with Gasteiger partial charge in [0.05, 0.1) is 13.2 Å². The Hall–Kier alpha value is -1.22. The van der Waals surface area contributed by atoms with Crippen molar-refractivity contribution in [3.8, 4) is 0 Å². The Kier molecular flexibility index (Phi) is 3.65. The largest absolute Gasteiger partial charge is 0.385 e. The minimum absolute atomic E-state index is 0.743. The molecule has 19 heavy (non-hydrogen) atoms. The van der Waals surface area contributed by atoms with Crippen molar-refractivity contribution >= 4 is 11.4 Å². The van der Waals surface area contributed by atoms with E-state index in [2.05, 4.69) is 42.3 Å². The fraction of sp³-hybridized carbons (Fsp3) is 0.625. The Morgan fingerprint density at radius 3 is 2.79 bits per heavy atom. The topological polar surface area (TPSA) is 24.5 Å². The summed E-state index contributed by atoms with van der Waals surface area (Å²) in [5, 5.41) is 3.58. The SMILES string of the molecule is CC(C)C1CNc2ccc(N3CCOCC3)cc2C1. The molecule has 1 aromatic rings. The lowest BCUT2D eigenvalue weighted by molar-refractivity contribution is 0.122. The summed E-state index contributed by atoms with van der Waals surface area (Å²) in [7, 11) is 0. The molecule has 2 aliphatic rings. The summed E-state index contributed by atoms with van der Waals surface area (Å²) in [4.78, 5) is 2.43. The van der Waals surface area contributed by atoms with Gasteiger partial charge in [0.2, 0.25) is 0 Å². The van der Waals surface area contributed by atoms with Crippen LogP contribution < -0.4 is 10.2 Å². The van der Waals surface area contributed by atoms with Crippen LogP contribution in [0.25, 0.3) is 0 Å². The van der Waals surface area contributed by atoms with E-state index in [0.717, 1.165) is 44.7 Å². The lowest BCUT2D eigenvalue weighted by atomic mass is 9.85. The highest BCUT2D eigenvalue weighted by atomic mass is 16.5. The van der Waals surface area contributed by atoms with Gasteiger partial charge in [0.15, 0.2) is 0 Å². The van der Waals surface area contributed by atoms with Crippen LogP contribution in [0, 0.1) is 11.8 Å². The molecule has 0 amide bonds. The molecule has 0 radical (unpaired) electrons. The van der Waals surface area contributed by atoms with Crippen LogP contribution in [0.2, 0.25) is 0 Å². The van der Waals surface area contributed by atoms with Gasteiger partial charge in [-0.25, -0.2) is 0 Å². The molecule has 3 rings (SSSR count). The maximum Gasteiger partial charge on any atom is 0.0642 e. The standard InChI is InChI=1S/C16H24N2O/c1-12(2)14-9-13-10-15(3-4-16(13)17-11-14)18-5-7-19-8-6-18/h3-4,10,12,14,17H,5-9,11H2,1-2H3. The molecule has 0 saturated carbocycles. The molecule has 0 spiro atoms. The van der Waals surface area contributed by atoms with E-state index in [1.165, 1.54) is 23.4 Å². The lowest BCUT2D eigenvalue weighted by Crippen LogP contribution is -2.36. The van der Waals surface area contributed by atoms with E-state index in [0.29, 0.717) is 0 Å². The fourth-order valence-corrected chi connectivity index (χ4v) is 3.01. The number of anilines is 2. The van der Waals surface area contributed by atoms with E-state index in [9.17, 15) is 0 Å². The number of nitrogens with one attached hydrogen (secondary N) is 1. The summed E-state index contributed by atoms with van der Waals surface area (Å²) in [5.41, 5.74) is 4.16. The van der Waals surface area contributed by atoms with Gasteiger partial charge in [0.25, 0.3) is 0 Å². The molecule has 1 fully saturated rings. The summed E-state index contributed by atoms with van der Waals surface area (Å²) in [6, 6.07) is 6.87. The molecule has 0 aromatic heterocycles. The van der Waals surface area contributed by atoms with Crippen LogP contribution >= 0.6 is 0 Å². The summed E-state index contributed by atoms with van der Waals surface area (Å²) in [5.74, 6) is 1.50. The highest BCUT2D eigenvalue weighted by Crippen LogP contribution is 2.31. The number of rotatable bonds is 2. The van der Waals surface area contributed by atoms with Crippen LogP contribution in [0.1, 0.15) is 19.4 Å². The smallest absolute Gasteiger partial charge is 0.0642 e. The summed E-state index contributed by atoms with van der Waals surface area (Å²) >= 11 is 0. The fourth-order valence-electron chi connectivity index (χ4n) is 3.01. The van der Waals surface area contributed by atoms with Gasteiger partial charge in [-0.1, -0.05) is 13.8 Å². The van der Waals surface area contributed by atoms with Crippen molar-refractivity contribution in [1.82, 2.24) is 0 Å². The summed E-state index contributed by atoms with van der Waals surface area (Å²) in [6.07, 6.45) is 1.21. The van der Waals surface area contributed by atoms with Crippen LogP contribution in [-0.2, 0) is 11.2 Å². The predicted molar refractivity (Wildman–Crippen MR) is 80.0 cm³/mol. The van der Waals surface area contributed by atoms with Crippen molar-refractivity contribution in [1.29, 1.82) is 0 Å². The molecule has 2 aliphatic heterocycles. The molecule has 2 heterocycles. The minimum Gasteiger partial charge on any atom is -0.385 e. The second-order valence-electron chi connectivity index (χ2n) is 6.03. The summed E-state index contributed by atoms with van der Waals surface area (Å²) < 4.78 is 5.43. The number of hydrogen-bond acceptors (Lipinski definition) is 3. The van der Waals surface area contributed by atoms with Gasteiger partial charge in [-0.3, -0.25) is 0 Å². The minimum atomic E-state index is 0.743. The number of morpholine rings is 1. The van der Waals surface area contributed by atoms with Gasteiger partial charge in [-0.2, -0.15) is 0 Å². The Morgan fingerprint density at radius 1 is 1.26 bits per heavy atom. The van der Waals surface area contributed by atoms with Crippen molar-refractivity contribution < 1.29 is 4.74 Å². The molecule has 1 unspecified atom stereocenters. The molecule has 3 heteroatoms. The van der Waals surface area contributed by atoms with Crippen molar-refractivity contribution in [2.75, 3.05) is 43.1 Å². The number of nitrogens with zero attached hydrogens (tertiary/aromatic N) is 1. The van der Waals surface area contributed by atoms with Gasteiger partial charge in [-0.15, -0.1) is 0 Å². The average molecular weight is 260 g/mol. The quantitative estimate of drug-likeness (QED) is 0.885. The van der Waals surface area contributed by atoms with E-state index in [-0.39, 0.29) is 0 Å². The molecule has 0 aliphatic carbocycles. The Morgan fingerprint density at radius 2 is 2.05 bits per heavy atom. The molecule has 1 N–H and O–H groups in total. The zero-order valence-corrected chi connectivity index (χ0v) is 12.0. The first-order chi connectivity index (χ1) is 9.24. The van der Waals surface area contributed by atoms with Crippen molar-refractivity contribution in [3.05, 3.63) is 23.8 Å². The molecule has 1 atom stereocenters. The van der Waals surface area contributed by atoms with E-state index in [4.69, 9.17) is 4.74 Å². The second kappa shape index (κ2) is 5.41. The van der Waals surface area contributed by atoms with Gasteiger partial charge in [0.1, 0.15) is 0 Å². The van der Waals surface area contributed by atoms with E-state index in [1.54, 1.807) is 0 Å². The Labute approximate surface area is 115 Å². The normalized spacial score (nSPS) is 23.1. The lowest BCUT2D eigenvalue weighted by Gasteiger charge is -2.32. The van der Waals surface area contributed by atoms with E-state index >= 15 is 0 Å². The van der Waals surface area contributed by atoms with Crippen LogP contribution in [0.15, 0.2) is 18.2 Å². The third kappa shape index (κ3) is 2.71. The number of benzene rings is 1. The molecule has 3 nitrogen and oxygen atoms in total. The van der Waals surface area contributed by atoms with Crippen LogP contribution in [0.3, 0.4) is 0 Å². The van der Waals surface area contributed by atoms with Gasteiger partial charge >= 0.3 is 0 Å². The molecular weight excluding hydrogens is 236 g/mol. The van der Waals surface area contributed by atoms with Crippen LogP contribution in [0.5, 0.6) is 0 Å². The first kappa shape index (κ1) is 12.8. The molecule has 0 bridgehead atoms. The number of fused-ring (bicyclic) bond motifs is 1. The monoisotopic (exact) mass is 260 g/mol. The zero-order valence-electron chi connectivity index (χ0n) is 12.0. The average Bonchev–Trinajstić information content (AvgIpc) is 2.47. The molecule has 104 valence electrons. The first-order valence-corrected chi connectivity index (χ1v) is 7.43. The van der Waals surface area contributed by atoms with Crippen molar-refractivity contribution in [3.63, 3.8) is 0 Å². The van der Waals surface area contributed by atoms with Crippen LogP contribution in [-0.4, -0.2) is 32.8 Å². The van der Waals surface area contributed by atoms with Gasteiger partial charge in [-0.05, 0) is 42.0 Å². The van der Waals surface area contributed by atoms with E-state index < -0.39 is 0 Å².